The van der Waals surface area contributed by atoms with Gasteiger partial charge in [0.1, 0.15) is 17.6 Å². The summed E-state index contributed by atoms with van der Waals surface area (Å²) in [5.74, 6) is 0.0436. The van der Waals surface area contributed by atoms with Crippen molar-refractivity contribution in [2.24, 2.45) is 5.92 Å². The summed E-state index contributed by atoms with van der Waals surface area (Å²) in [5.41, 5.74) is -0.886. The van der Waals surface area contributed by atoms with E-state index in [9.17, 15) is 18.3 Å². The summed E-state index contributed by atoms with van der Waals surface area (Å²) in [4.78, 5) is 5.35. The molecule has 21 heavy (non-hydrogen) atoms. The van der Waals surface area contributed by atoms with Crippen LogP contribution in [0.5, 0.6) is 0 Å². The lowest BCUT2D eigenvalue weighted by Crippen LogP contribution is -2.44. The monoisotopic (exact) mass is 299 g/mol. The van der Waals surface area contributed by atoms with Crippen LogP contribution < -0.4 is 4.90 Å². The number of nitriles is 1. The number of halogens is 3. The van der Waals surface area contributed by atoms with Crippen LogP contribution in [0.1, 0.15) is 31.0 Å². The van der Waals surface area contributed by atoms with Crippen LogP contribution >= 0.6 is 0 Å². The highest BCUT2D eigenvalue weighted by Crippen LogP contribution is 2.33. The second kappa shape index (κ2) is 5.90. The van der Waals surface area contributed by atoms with Gasteiger partial charge in [-0.2, -0.15) is 18.4 Å². The summed E-state index contributed by atoms with van der Waals surface area (Å²) in [6, 6.07) is 3.85. The van der Waals surface area contributed by atoms with Crippen molar-refractivity contribution >= 4 is 5.82 Å². The van der Waals surface area contributed by atoms with Crippen LogP contribution in [0.25, 0.3) is 0 Å². The molecule has 7 heteroatoms. The normalized spacial score (nSPS) is 23.0. The average molecular weight is 299 g/mol. The molecule has 0 saturated carbocycles. The van der Waals surface area contributed by atoms with Crippen LogP contribution in [-0.4, -0.2) is 29.3 Å². The third-order valence-corrected chi connectivity index (χ3v) is 3.80. The van der Waals surface area contributed by atoms with Crippen molar-refractivity contribution in [3.63, 3.8) is 0 Å². The van der Waals surface area contributed by atoms with Crippen molar-refractivity contribution in [2.45, 2.75) is 32.0 Å². The van der Waals surface area contributed by atoms with Gasteiger partial charge < -0.3 is 10.0 Å². The molecule has 1 fully saturated rings. The molecular weight excluding hydrogens is 283 g/mol. The SMILES string of the molecule is C[C@H]1CC[C@H](CO)CN1c1nc(C(F)(F)F)ccc1C#N. The Balaban J connectivity index is 2.43. The number of aliphatic hydroxyl groups excluding tert-OH is 1. The van der Waals surface area contributed by atoms with Gasteiger partial charge in [0.2, 0.25) is 0 Å². The van der Waals surface area contributed by atoms with E-state index in [4.69, 9.17) is 5.26 Å². The number of aromatic nitrogens is 1. The molecule has 2 atom stereocenters. The lowest BCUT2D eigenvalue weighted by molar-refractivity contribution is -0.141. The number of aliphatic hydroxyl groups is 1. The van der Waals surface area contributed by atoms with Gasteiger partial charge in [0.15, 0.2) is 0 Å². The van der Waals surface area contributed by atoms with Gasteiger partial charge in [0.25, 0.3) is 0 Å². The molecule has 0 amide bonds. The van der Waals surface area contributed by atoms with Gasteiger partial charge in [0.05, 0.1) is 5.56 Å². The molecule has 1 N–H and O–H groups in total. The minimum absolute atomic E-state index is 0.0101. The number of pyridine rings is 1. The minimum Gasteiger partial charge on any atom is -0.396 e. The zero-order valence-electron chi connectivity index (χ0n) is 11.6. The molecule has 2 rings (SSSR count). The largest absolute Gasteiger partial charge is 0.433 e. The van der Waals surface area contributed by atoms with E-state index < -0.39 is 11.9 Å². The molecule has 114 valence electrons. The van der Waals surface area contributed by atoms with E-state index in [1.165, 1.54) is 0 Å². The van der Waals surface area contributed by atoms with Crippen LogP contribution in [-0.2, 0) is 6.18 Å². The maximum atomic E-state index is 12.8. The molecule has 4 nitrogen and oxygen atoms in total. The lowest BCUT2D eigenvalue weighted by atomic mass is 9.93. The van der Waals surface area contributed by atoms with Gasteiger partial charge in [-0.25, -0.2) is 4.98 Å². The van der Waals surface area contributed by atoms with Crippen LogP contribution in [0.15, 0.2) is 12.1 Å². The summed E-state index contributed by atoms with van der Waals surface area (Å²) >= 11 is 0. The van der Waals surface area contributed by atoms with Gasteiger partial charge >= 0.3 is 6.18 Å². The van der Waals surface area contributed by atoms with Crippen LogP contribution in [0.4, 0.5) is 19.0 Å². The van der Waals surface area contributed by atoms with E-state index in [1.54, 1.807) is 4.90 Å². The molecule has 1 saturated heterocycles. The zero-order valence-corrected chi connectivity index (χ0v) is 11.6. The average Bonchev–Trinajstić information content (AvgIpc) is 2.46. The fourth-order valence-corrected chi connectivity index (χ4v) is 2.54. The minimum atomic E-state index is -4.54. The third-order valence-electron chi connectivity index (χ3n) is 3.80. The molecule has 0 aliphatic carbocycles. The third kappa shape index (κ3) is 3.27. The standard InChI is InChI=1S/C14H16F3N3O/c1-9-2-3-10(8-21)7-20(9)13-11(6-18)4-5-12(19-13)14(15,16)17/h4-5,9-10,21H,2-3,7-8H2,1H3/t9-,10-/m0/s1. The number of anilines is 1. The second-order valence-electron chi connectivity index (χ2n) is 5.30. The van der Waals surface area contributed by atoms with Crippen molar-refractivity contribution < 1.29 is 18.3 Å². The highest BCUT2D eigenvalue weighted by atomic mass is 19.4. The maximum Gasteiger partial charge on any atom is 0.433 e. The van der Waals surface area contributed by atoms with Crippen molar-refractivity contribution in [3.8, 4) is 6.07 Å². The van der Waals surface area contributed by atoms with E-state index in [-0.39, 0.29) is 29.9 Å². The number of piperidine rings is 1. The van der Waals surface area contributed by atoms with Crippen LogP contribution in [0, 0.1) is 17.2 Å². The van der Waals surface area contributed by atoms with E-state index in [1.807, 2.05) is 13.0 Å². The lowest BCUT2D eigenvalue weighted by Gasteiger charge is -2.38. The highest BCUT2D eigenvalue weighted by Gasteiger charge is 2.35. The molecule has 0 spiro atoms. The second-order valence-corrected chi connectivity index (χ2v) is 5.30. The Morgan fingerprint density at radius 2 is 2.14 bits per heavy atom. The Labute approximate surface area is 120 Å². The summed E-state index contributed by atoms with van der Waals surface area (Å²) in [5, 5.41) is 18.4. The molecule has 0 bridgehead atoms. The fourth-order valence-electron chi connectivity index (χ4n) is 2.54. The quantitative estimate of drug-likeness (QED) is 0.912. The molecule has 1 aliphatic rings. The van der Waals surface area contributed by atoms with Crippen LogP contribution in [0.3, 0.4) is 0 Å². The van der Waals surface area contributed by atoms with Gasteiger partial charge in [-0.15, -0.1) is 0 Å². The maximum absolute atomic E-state index is 12.8. The van der Waals surface area contributed by atoms with E-state index in [2.05, 4.69) is 4.98 Å². The summed E-state index contributed by atoms with van der Waals surface area (Å²) in [6.07, 6.45) is -2.98. The molecule has 1 aromatic rings. The predicted molar refractivity (Wildman–Crippen MR) is 70.6 cm³/mol. The Kier molecular flexibility index (Phi) is 4.37. The number of hydrogen-bond acceptors (Lipinski definition) is 4. The first kappa shape index (κ1) is 15.6. The Morgan fingerprint density at radius 3 is 2.71 bits per heavy atom. The molecule has 2 heterocycles. The van der Waals surface area contributed by atoms with Crippen molar-refractivity contribution in [1.29, 1.82) is 5.26 Å². The van der Waals surface area contributed by atoms with Crippen molar-refractivity contribution in [2.75, 3.05) is 18.1 Å². The number of alkyl halides is 3. The highest BCUT2D eigenvalue weighted by molar-refractivity contribution is 5.55. The molecule has 1 aliphatic heterocycles. The van der Waals surface area contributed by atoms with Crippen molar-refractivity contribution in [1.82, 2.24) is 4.98 Å². The van der Waals surface area contributed by atoms with Gasteiger partial charge in [-0.1, -0.05) is 0 Å². The molecule has 1 aromatic heterocycles. The summed E-state index contributed by atoms with van der Waals surface area (Å²) in [7, 11) is 0. The number of hydrogen-bond donors (Lipinski definition) is 1. The zero-order chi connectivity index (χ0) is 15.6. The Hall–Kier alpha value is -1.81. The smallest absolute Gasteiger partial charge is 0.396 e. The van der Waals surface area contributed by atoms with Gasteiger partial charge in [-0.3, -0.25) is 0 Å². The molecule has 0 radical (unpaired) electrons. The van der Waals surface area contributed by atoms with E-state index >= 15 is 0 Å². The first-order chi connectivity index (χ1) is 9.86. The van der Waals surface area contributed by atoms with Crippen molar-refractivity contribution in [3.05, 3.63) is 23.4 Å². The Bertz CT molecular complexity index is 553. The van der Waals surface area contributed by atoms with E-state index in [0.29, 0.717) is 6.54 Å². The molecular formula is C14H16F3N3O. The Morgan fingerprint density at radius 1 is 1.43 bits per heavy atom. The molecule has 0 unspecified atom stereocenters. The topological polar surface area (TPSA) is 60.1 Å². The summed E-state index contributed by atoms with van der Waals surface area (Å²) in [6.45, 7) is 2.27. The van der Waals surface area contributed by atoms with Gasteiger partial charge in [-0.05, 0) is 37.8 Å². The predicted octanol–water partition coefficient (Wildman–Crippen LogP) is 2.57. The molecule has 0 aromatic carbocycles. The van der Waals surface area contributed by atoms with Gasteiger partial charge in [0, 0.05) is 19.2 Å². The number of rotatable bonds is 2. The van der Waals surface area contributed by atoms with E-state index in [0.717, 1.165) is 25.0 Å². The van der Waals surface area contributed by atoms with Crippen LogP contribution in [0.2, 0.25) is 0 Å². The first-order valence-electron chi connectivity index (χ1n) is 6.72. The first-order valence-corrected chi connectivity index (χ1v) is 6.72. The fraction of sp³-hybridized carbons (Fsp3) is 0.571. The summed E-state index contributed by atoms with van der Waals surface area (Å²) < 4.78 is 38.4. The number of nitrogens with zero attached hydrogens (tertiary/aromatic N) is 3.